The number of hydrogen-bond acceptors (Lipinski definition) is 4. The van der Waals surface area contributed by atoms with E-state index < -0.39 is 0 Å². The van der Waals surface area contributed by atoms with Crippen molar-refractivity contribution in [3.8, 4) is 6.07 Å². The molecule has 0 aromatic heterocycles. The molecular weight excluding hydrogens is 412 g/mol. The molecule has 3 aromatic carbocycles. The molecule has 3 aromatic rings. The maximum atomic E-state index is 12.9. The number of nitrogens with one attached hydrogen (secondary N) is 2. The molecule has 2 N–H and O–H groups in total. The summed E-state index contributed by atoms with van der Waals surface area (Å²) < 4.78 is 0. The Balaban J connectivity index is 1.84. The maximum Gasteiger partial charge on any atom is 0.255 e. The van der Waals surface area contributed by atoms with E-state index in [1.165, 1.54) is 0 Å². The van der Waals surface area contributed by atoms with Crippen molar-refractivity contribution in [3.63, 3.8) is 0 Å². The molecule has 0 bridgehead atoms. The molecule has 0 atom stereocenters. The molecule has 0 radical (unpaired) electrons. The largest absolute Gasteiger partial charge is 0.348 e. The van der Waals surface area contributed by atoms with Crippen LogP contribution < -0.4 is 10.6 Å². The Kier molecular flexibility index (Phi) is 8.34. The van der Waals surface area contributed by atoms with Crippen LogP contribution >= 0.6 is 0 Å². The second kappa shape index (κ2) is 11.6. The first-order chi connectivity index (χ1) is 16.0. The average Bonchev–Trinajstić information content (AvgIpc) is 2.87. The summed E-state index contributed by atoms with van der Waals surface area (Å²) in [6.45, 7) is 6.92. The predicted molar refractivity (Wildman–Crippen MR) is 130 cm³/mol. The zero-order chi connectivity index (χ0) is 23.6. The van der Waals surface area contributed by atoms with E-state index in [9.17, 15) is 9.59 Å². The first kappa shape index (κ1) is 23.7. The van der Waals surface area contributed by atoms with Crippen molar-refractivity contribution in [1.29, 1.82) is 5.26 Å². The van der Waals surface area contributed by atoms with E-state index in [2.05, 4.69) is 35.5 Å². The Morgan fingerprint density at radius 2 is 1.52 bits per heavy atom. The van der Waals surface area contributed by atoms with Crippen LogP contribution in [0, 0.1) is 11.3 Å². The highest BCUT2D eigenvalue weighted by Crippen LogP contribution is 2.23. The number of hydrogen-bond donors (Lipinski definition) is 2. The molecule has 0 aliphatic carbocycles. The van der Waals surface area contributed by atoms with Crippen molar-refractivity contribution >= 4 is 17.5 Å². The minimum Gasteiger partial charge on any atom is -0.348 e. The number of carbonyl (C=O) groups is 2. The summed E-state index contributed by atoms with van der Waals surface area (Å²) >= 11 is 0. The summed E-state index contributed by atoms with van der Waals surface area (Å²) in [6.07, 6.45) is 0. The van der Waals surface area contributed by atoms with Gasteiger partial charge in [0.25, 0.3) is 11.8 Å². The second-order valence-electron chi connectivity index (χ2n) is 7.60. The topological polar surface area (TPSA) is 85.2 Å². The summed E-state index contributed by atoms with van der Waals surface area (Å²) in [5, 5.41) is 15.0. The monoisotopic (exact) mass is 440 g/mol. The number of rotatable bonds is 9. The molecule has 0 heterocycles. The number of nitriles is 1. The SMILES string of the molecule is CCN(CC)Cc1c(CNC(=O)c2ccccc2)cccc1NC(=O)c1ccc(C#N)cc1. The third-order valence-electron chi connectivity index (χ3n) is 5.55. The molecule has 0 saturated carbocycles. The molecule has 0 saturated heterocycles. The number of anilines is 1. The first-order valence-corrected chi connectivity index (χ1v) is 11.0. The lowest BCUT2D eigenvalue weighted by atomic mass is 10.0. The van der Waals surface area contributed by atoms with Gasteiger partial charge in [-0.2, -0.15) is 5.26 Å². The molecule has 3 rings (SSSR count). The Morgan fingerprint density at radius 1 is 0.848 bits per heavy atom. The summed E-state index contributed by atoms with van der Waals surface area (Å²) in [5.41, 5.74) is 4.21. The van der Waals surface area contributed by atoms with Gasteiger partial charge in [0, 0.05) is 29.9 Å². The molecule has 0 aliphatic heterocycles. The summed E-state index contributed by atoms with van der Waals surface area (Å²) in [5.74, 6) is -0.387. The van der Waals surface area contributed by atoms with Crippen LogP contribution in [-0.2, 0) is 13.1 Å². The molecule has 0 unspecified atom stereocenters. The van der Waals surface area contributed by atoms with E-state index in [0.717, 1.165) is 24.2 Å². The Bertz CT molecular complexity index is 1130. The summed E-state index contributed by atoms with van der Waals surface area (Å²) in [6, 6.07) is 23.4. The van der Waals surface area contributed by atoms with Crippen LogP contribution in [0.25, 0.3) is 0 Å². The zero-order valence-corrected chi connectivity index (χ0v) is 19.0. The van der Waals surface area contributed by atoms with Gasteiger partial charge in [0.2, 0.25) is 0 Å². The second-order valence-corrected chi connectivity index (χ2v) is 7.60. The van der Waals surface area contributed by atoms with Gasteiger partial charge in [-0.25, -0.2) is 0 Å². The fourth-order valence-corrected chi connectivity index (χ4v) is 3.53. The first-order valence-electron chi connectivity index (χ1n) is 11.0. The van der Waals surface area contributed by atoms with Gasteiger partial charge in [-0.15, -0.1) is 0 Å². The van der Waals surface area contributed by atoms with Gasteiger partial charge in [-0.05, 0) is 66.7 Å². The molecule has 6 nitrogen and oxygen atoms in total. The van der Waals surface area contributed by atoms with Crippen LogP contribution in [0.2, 0.25) is 0 Å². The number of benzene rings is 3. The highest BCUT2D eigenvalue weighted by atomic mass is 16.2. The van der Waals surface area contributed by atoms with E-state index in [1.54, 1.807) is 36.4 Å². The fraction of sp³-hybridized carbons (Fsp3) is 0.222. The number of nitrogens with zero attached hydrogens (tertiary/aromatic N) is 2. The van der Waals surface area contributed by atoms with Gasteiger partial charge in [0.05, 0.1) is 11.6 Å². The van der Waals surface area contributed by atoms with E-state index in [4.69, 9.17) is 5.26 Å². The Hall–Kier alpha value is -3.95. The van der Waals surface area contributed by atoms with Gasteiger partial charge in [0.15, 0.2) is 0 Å². The maximum absolute atomic E-state index is 12.9. The lowest BCUT2D eigenvalue weighted by molar-refractivity contribution is 0.0949. The van der Waals surface area contributed by atoms with Crippen LogP contribution in [0.1, 0.15) is 51.3 Å². The highest BCUT2D eigenvalue weighted by molar-refractivity contribution is 6.04. The van der Waals surface area contributed by atoms with Gasteiger partial charge in [-0.3, -0.25) is 14.5 Å². The molecule has 0 aliphatic rings. The van der Waals surface area contributed by atoms with Crippen molar-refractivity contribution in [2.75, 3.05) is 18.4 Å². The normalized spacial score (nSPS) is 10.5. The van der Waals surface area contributed by atoms with Gasteiger partial charge in [-0.1, -0.05) is 44.2 Å². The van der Waals surface area contributed by atoms with Crippen molar-refractivity contribution in [3.05, 3.63) is 101 Å². The zero-order valence-electron chi connectivity index (χ0n) is 19.0. The van der Waals surface area contributed by atoms with E-state index in [-0.39, 0.29) is 11.8 Å². The van der Waals surface area contributed by atoms with E-state index >= 15 is 0 Å². The van der Waals surface area contributed by atoms with Crippen LogP contribution in [0.5, 0.6) is 0 Å². The number of carbonyl (C=O) groups excluding carboxylic acids is 2. The quantitative estimate of drug-likeness (QED) is 0.510. The Labute approximate surface area is 194 Å². The summed E-state index contributed by atoms with van der Waals surface area (Å²) in [7, 11) is 0. The van der Waals surface area contributed by atoms with E-state index in [0.29, 0.717) is 35.5 Å². The minimum atomic E-state index is -0.245. The Morgan fingerprint density at radius 3 is 2.15 bits per heavy atom. The lowest BCUT2D eigenvalue weighted by Crippen LogP contribution is -2.27. The lowest BCUT2D eigenvalue weighted by Gasteiger charge is -2.23. The van der Waals surface area contributed by atoms with Gasteiger partial charge < -0.3 is 10.6 Å². The standard InChI is InChI=1S/C27H28N4O2/c1-3-31(4-2)19-24-23(18-29-26(32)21-9-6-5-7-10-21)11-8-12-25(24)30-27(33)22-15-13-20(17-28)14-16-22/h5-16H,3-4,18-19H2,1-2H3,(H,29,32)(H,30,33). The van der Waals surface area contributed by atoms with Crippen molar-refractivity contribution < 1.29 is 9.59 Å². The average molecular weight is 441 g/mol. The third-order valence-corrected chi connectivity index (χ3v) is 5.55. The molecule has 0 fully saturated rings. The smallest absolute Gasteiger partial charge is 0.255 e. The van der Waals surface area contributed by atoms with E-state index in [1.807, 2.05) is 36.4 Å². The van der Waals surface area contributed by atoms with Gasteiger partial charge >= 0.3 is 0 Å². The number of amides is 2. The molecule has 2 amide bonds. The third kappa shape index (κ3) is 6.28. The van der Waals surface area contributed by atoms with Crippen LogP contribution in [0.15, 0.2) is 72.8 Å². The molecule has 33 heavy (non-hydrogen) atoms. The molecular formula is C27H28N4O2. The molecule has 0 spiro atoms. The fourth-order valence-electron chi connectivity index (χ4n) is 3.53. The summed E-state index contributed by atoms with van der Waals surface area (Å²) in [4.78, 5) is 27.7. The minimum absolute atomic E-state index is 0.142. The van der Waals surface area contributed by atoms with Crippen molar-refractivity contribution in [2.45, 2.75) is 26.9 Å². The molecule has 168 valence electrons. The van der Waals surface area contributed by atoms with Crippen molar-refractivity contribution in [1.82, 2.24) is 10.2 Å². The van der Waals surface area contributed by atoms with Gasteiger partial charge in [0.1, 0.15) is 0 Å². The molecule has 6 heteroatoms. The predicted octanol–water partition coefficient (Wildman–Crippen LogP) is 4.58. The highest BCUT2D eigenvalue weighted by Gasteiger charge is 2.15. The van der Waals surface area contributed by atoms with Crippen LogP contribution in [0.4, 0.5) is 5.69 Å². The van der Waals surface area contributed by atoms with Crippen LogP contribution in [-0.4, -0.2) is 29.8 Å². The van der Waals surface area contributed by atoms with Crippen LogP contribution in [0.3, 0.4) is 0 Å². The van der Waals surface area contributed by atoms with Crippen molar-refractivity contribution in [2.24, 2.45) is 0 Å².